The van der Waals surface area contributed by atoms with E-state index in [2.05, 4.69) is 25.3 Å². The molecule has 0 saturated heterocycles. The number of carbonyl (C=O) groups is 1. The second-order valence-electron chi connectivity index (χ2n) is 6.76. The molecule has 9 heteroatoms. The topological polar surface area (TPSA) is 99.1 Å². The number of carbonyl (C=O) groups excluding carboxylic acids is 1. The van der Waals surface area contributed by atoms with Crippen molar-refractivity contribution >= 4 is 23.4 Å². The van der Waals surface area contributed by atoms with Gasteiger partial charge in [0.25, 0.3) is 0 Å². The standard InChI is InChI=1S/C23H20FN5O3/c1-3-32-22-20-21(28-23(29-22)26-11-14-4-7-16(24)8-5-14)25-12-19(27-20)18-10-17(31-2)9-6-15(18)13-30/h4-10,12-13H,3,11H2,1-2H3,(H,25,26,28,29). The van der Waals surface area contributed by atoms with Crippen LogP contribution < -0.4 is 14.8 Å². The summed E-state index contributed by atoms with van der Waals surface area (Å²) >= 11 is 0. The number of hydrogen-bond donors (Lipinski definition) is 1. The molecule has 32 heavy (non-hydrogen) atoms. The lowest BCUT2D eigenvalue weighted by atomic mass is 10.1. The van der Waals surface area contributed by atoms with Gasteiger partial charge in [-0.25, -0.2) is 14.4 Å². The van der Waals surface area contributed by atoms with E-state index in [1.807, 2.05) is 6.92 Å². The van der Waals surface area contributed by atoms with Crippen LogP contribution in [0.15, 0.2) is 48.7 Å². The number of anilines is 1. The van der Waals surface area contributed by atoms with E-state index >= 15 is 0 Å². The smallest absolute Gasteiger partial charge is 0.247 e. The molecule has 162 valence electrons. The highest BCUT2D eigenvalue weighted by Gasteiger charge is 2.15. The molecule has 2 aromatic carbocycles. The Bertz CT molecular complexity index is 1260. The number of methoxy groups -OCH3 is 1. The Labute approximate surface area is 183 Å². The second kappa shape index (κ2) is 9.34. The second-order valence-corrected chi connectivity index (χ2v) is 6.76. The molecule has 4 rings (SSSR count). The first-order valence-electron chi connectivity index (χ1n) is 9.90. The summed E-state index contributed by atoms with van der Waals surface area (Å²) in [6.45, 7) is 2.60. The number of benzene rings is 2. The van der Waals surface area contributed by atoms with E-state index in [0.717, 1.165) is 11.8 Å². The zero-order valence-corrected chi connectivity index (χ0v) is 17.5. The third kappa shape index (κ3) is 4.46. The molecule has 8 nitrogen and oxygen atoms in total. The van der Waals surface area contributed by atoms with E-state index in [1.54, 1.807) is 37.4 Å². The number of ether oxygens (including phenoxy) is 2. The van der Waals surface area contributed by atoms with Gasteiger partial charge in [-0.3, -0.25) is 4.79 Å². The largest absolute Gasteiger partial charge is 0.497 e. The summed E-state index contributed by atoms with van der Waals surface area (Å²) in [6.07, 6.45) is 2.29. The summed E-state index contributed by atoms with van der Waals surface area (Å²) in [5.41, 5.74) is 3.08. The molecule has 0 spiro atoms. The lowest BCUT2D eigenvalue weighted by molar-refractivity contribution is 0.112. The fourth-order valence-electron chi connectivity index (χ4n) is 3.10. The maximum atomic E-state index is 13.1. The lowest BCUT2D eigenvalue weighted by Gasteiger charge is -2.11. The third-order valence-electron chi connectivity index (χ3n) is 4.68. The summed E-state index contributed by atoms with van der Waals surface area (Å²) in [5, 5.41) is 3.10. The fraction of sp³-hybridized carbons (Fsp3) is 0.174. The van der Waals surface area contributed by atoms with E-state index in [-0.39, 0.29) is 11.7 Å². The number of aldehydes is 1. The molecular weight excluding hydrogens is 413 g/mol. The Morgan fingerprint density at radius 1 is 1.09 bits per heavy atom. The number of rotatable bonds is 8. The van der Waals surface area contributed by atoms with Gasteiger partial charge in [0.1, 0.15) is 11.6 Å². The Balaban J connectivity index is 1.71. The number of halogens is 1. The number of fused-ring (bicyclic) bond motifs is 1. The van der Waals surface area contributed by atoms with Gasteiger partial charge >= 0.3 is 0 Å². The van der Waals surface area contributed by atoms with Crippen LogP contribution in [-0.2, 0) is 6.54 Å². The average Bonchev–Trinajstić information content (AvgIpc) is 2.83. The van der Waals surface area contributed by atoms with Gasteiger partial charge in [0.05, 0.1) is 25.6 Å². The zero-order valence-electron chi connectivity index (χ0n) is 17.5. The van der Waals surface area contributed by atoms with Crippen LogP contribution in [0.1, 0.15) is 22.8 Å². The molecule has 0 amide bonds. The minimum absolute atomic E-state index is 0.268. The summed E-state index contributed by atoms with van der Waals surface area (Å²) in [7, 11) is 1.55. The maximum Gasteiger partial charge on any atom is 0.247 e. The van der Waals surface area contributed by atoms with Gasteiger partial charge < -0.3 is 14.8 Å². The first-order valence-corrected chi connectivity index (χ1v) is 9.90. The van der Waals surface area contributed by atoms with Crippen LogP contribution in [0.2, 0.25) is 0 Å². The van der Waals surface area contributed by atoms with E-state index in [0.29, 0.717) is 52.8 Å². The number of hydrogen-bond acceptors (Lipinski definition) is 8. The molecule has 0 saturated carbocycles. The predicted octanol–water partition coefficient (Wildman–Crippen LogP) is 4.06. The fourth-order valence-corrected chi connectivity index (χ4v) is 3.10. The van der Waals surface area contributed by atoms with Crippen LogP contribution in [-0.4, -0.2) is 39.9 Å². The predicted molar refractivity (Wildman–Crippen MR) is 117 cm³/mol. The number of nitrogens with one attached hydrogen (secondary N) is 1. The monoisotopic (exact) mass is 433 g/mol. The minimum atomic E-state index is -0.297. The summed E-state index contributed by atoms with van der Waals surface area (Å²) in [4.78, 5) is 29.4. The van der Waals surface area contributed by atoms with Crippen LogP contribution in [0.5, 0.6) is 11.6 Å². The Morgan fingerprint density at radius 2 is 1.91 bits per heavy atom. The zero-order chi connectivity index (χ0) is 22.5. The van der Waals surface area contributed by atoms with Crippen molar-refractivity contribution in [2.24, 2.45) is 0 Å². The van der Waals surface area contributed by atoms with E-state index < -0.39 is 0 Å². The maximum absolute atomic E-state index is 13.1. The van der Waals surface area contributed by atoms with Crippen molar-refractivity contribution in [2.75, 3.05) is 19.0 Å². The summed E-state index contributed by atoms with van der Waals surface area (Å²) < 4.78 is 24.1. The van der Waals surface area contributed by atoms with E-state index in [1.165, 1.54) is 18.3 Å². The third-order valence-corrected chi connectivity index (χ3v) is 4.68. The van der Waals surface area contributed by atoms with Crippen molar-refractivity contribution in [1.82, 2.24) is 19.9 Å². The molecule has 0 radical (unpaired) electrons. The molecule has 0 unspecified atom stereocenters. The lowest BCUT2D eigenvalue weighted by Crippen LogP contribution is -2.07. The molecule has 0 bridgehead atoms. The molecule has 2 heterocycles. The Hall–Kier alpha value is -4.14. The molecule has 0 aliphatic rings. The summed E-state index contributed by atoms with van der Waals surface area (Å²) in [6, 6.07) is 11.2. The Morgan fingerprint density at radius 3 is 2.62 bits per heavy atom. The molecule has 0 fully saturated rings. The van der Waals surface area contributed by atoms with Gasteiger partial charge in [-0.05, 0) is 42.8 Å². The Kier molecular flexibility index (Phi) is 6.16. The van der Waals surface area contributed by atoms with Crippen LogP contribution >= 0.6 is 0 Å². The van der Waals surface area contributed by atoms with Crippen molar-refractivity contribution in [2.45, 2.75) is 13.5 Å². The van der Waals surface area contributed by atoms with Gasteiger partial charge in [0.15, 0.2) is 17.5 Å². The average molecular weight is 433 g/mol. The van der Waals surface area contributed by atoms with Gasteiger partial charge in [0, 0.05) is 17.7 Å². The first kappa shape index (κ1) is 21.1. The van der Waals surface area contributed by atoms with Crippen LogP contribution in [0.4, 0.5) is 10.3 Å². The minimum Gasteiger partial charge on any atom is -0.497 e. The summed E-state index contributed by atoms with van der Waals surface area (Å²) in [5.74, 6) is 0.870. The highest BCUT2D eigenvalue weighted by atomic mass is 19.1. The van der Waals surface area contributed by atoms with E-state index in [9.17, 15) is 9.18 Å². The molecular formula is C23H20FN5O3. The molecule has 1 N–H and O–H groups in total. The highest BCUT2D eigenvalue weighted by Crippen LogP contribution is 2.29. The molecule has 0 aliphatic carbocycles. The van der Waals surface area contributed by atoms with Crippen molar-refractivity contribution in [3.8, 4) is 22.9 Å². The quantitative estimate of drug-likeness (QED) is 0.416. The number of nitrogens with zero attached hydrogens (tertiary/aromatic N) is 4. The van der Waals surface area contributed by atoms with Gasteiger partial charge in [-0.15, -0.1) is 0 Å². The number of aromatic nitrogens is 4. The molecule has 0 aliphatic heterocycles. The first-order chi connectivity index (χ1) is 15.6. The van der Waals surface area contributed by atoms with Crippen LogP contribution in [0, 0.1) is 5.82 Å². The van der Waals surface area contributed by atoms with Crippen LogP contribution in [0.3, 0.4) is 0 Å². The van der Waals surface area contributed by atoms with Gasteiger partial charge in [0.2, 0.25) is 11.8 Å². The van der Waals surface area contributed by atoms with Gasteiger partial charge in [-0.2, -0.15) is 9.97 Å². The molecule has 0 atom stereocenters. The van der Waals surface area contributed by atoms with Crippen molar-refractivity contribution in [3.05, 3.63) is 65.6 Å². The van der Waals surface area contributed by atoms with Crippen molar-refractivity contribution in [1.29, 1.82) is 0 Å². The van der Waals surface area contributed by atoms with Crippen LogP contribution in [0.25, 0.3) is 22.4 Å². The highest BCUT2D eigenvalue weighted by molar-refractivity contribution is 5.88. The molecule has 4 aromatic rings. The van der Waals surface area contributed by atoms with Crippen molar-refractivity contribution < 1.29 is 18.7 Å². The molecule has 2 aromatic heterocycles. The van der Waals surface area contributed by atoms with E-state index in [4.69, 9.17) is 9.47 Å². The van der Waals surface area contributed by atoms with Crippen molar-refractivity contribution in [3.63, 3.8) is 0 Å². The SMILES string of the molecule is CCOc1nc(NCc2ccc(F)cc2)nc2ncc(-c3cc(OC)ccc3C=O)nc12. The normalized spacial score (nSPS) is 10.7. The van der Waals surface area contributed by atoms with Gasteiger partial charge in [-0.1, -0.05) is 12.1 Å².